The highest BCUT2D eigenvalue weighted by molar-refractivity contribution is 5.55. The topological polar surface area (TPSA) is 76.7 Å². The maximum atomic E-state index is 5.60. The molecule has 96 valence electrons. The maximum absolute atomic E-state index is 5.60. The first-order chi connectivity index (χ1) is 8.56. The Hall–Kier alpha value is -1.82. The van der Waals surface area contributed by atoms with Gasteiger partial charge in [-0.25, -0.2) is 0 Å². The zero-order valence-corrected chi connectivity index (χ0v) is 11.1. The Labute approximate surface area is 106 Å². The first-order valence-corrected chi connectivity index (χ1v) is 5.93. The van der Waals surface area contributed by atoms with Gasteiger partial charge in [-0.3, -0.25) is 0 Å². The van der Waals surface area contributed by atoms with E-state index in [1.54, 1.807) is 0 Å². The zero-order chi connectivity index (χ0) is 13.1. The molecule has 0 unspecified atom stereocenters. The largest absolute Gasteiger partial charge is 0.419 e. The smallest absolute Gasteiger partial charge is 0.249 e. The van der Waals surface area contributed by atoms with Crippen LogP contribution in [0.2, 0.25) is 0 Å². The highest BCUT2D eigenvalue weighted by Gasteiger charge is 2.12. The van der Waals surface area contributed by atoms with Gasteiger partial charge in [-0.15, -0.1) is 10.2 Å². The van der Waals surface area contributed by atoms with Gasteiger partial charge in [0.05, 0.1) is 23.5 Å². The van der Waals surface area contributed by atoms with Crippen LogP contribution in [0, 0.1) is 13.8 Å². The van der Waals surface area contributed by atoms with E-state index >= 15 is 0 Å². The molecular weight excluding hydrogens is 230 g/mol. The quantitative estimate of drug-likeness (QED) is 0.885. The van der Waals surface area contributed by atoms with Crippen molar-refractivity contribution in [2.45, 2.75) is 40.3 Å². The maximum Gasteiger partial charge on any atom is 0.249 e. The summed E-state index contributed by atoms with van der Waals surface area (Å²) in [6.45, 7) is 8.46. The van der Waals surface area contributed by atoms with Crippen LogP contribution in [0.3, 0.4) is 0 Å². The molecule has 6 nitrogen and oxygen atoms in total. The second-order valence-corrected chi connectivity index (χ2v) is 4.52. The second kappa shape index (κ2) is 5.22. The molecule has 0 spiro atoms. The minimum Gasteiger partial charge on any atom is -0.419 e. The van der Waals surface area contributed by atoms with Gasteiger partial charge in [0.2, 0.25) is 11.8 Å². The Kier molecular flexibility index (Phi) is 3.66. The molecule has 0 aliphatic rings. The van der Waals surface area contributed by atoms with Crippen molar-refractivity contribution in [1.29, 1.82) is 0 Å². The van der Waals surface area contributed by atoms with E-state index in [1.807, 2.05) is 19.9 Å². The number of rotatable bonds is 4. The molecule has 0 saturated heterocycles. The average molecular weight is 247 g/mol. The molecule has 2 aromatic rings. The van der Waals surface area contributed by atoms with E-state index in [0.29, 0.717) is 24.4 Å². The number of hydrogen-bond donors (Lipinski definition) is 1. The molecular formula is C12H17N5O. The molecule has 18 heavy (non-hydrogen) atoms. The summed E-state index contributed by atoms with van der Waals surface area (Å²) in [5.74, 6) is 1.07. The van der Waals surface area contributed by atoms with E-state index in [9.17, 15) is 0 Å². The van der Waals surface area contributed by atoms with Crippen molar-refractivity contribution in [1.82, 2.24) is 25.7 Å². The lowest BCUT2D eigenvalue weighted by molar-refractivity contribution is 0.458. The van der Waals surface area contributed by atoms with Crippen molar-refractivity contribution in [2.75, 3.05) is 0 Å². The van der Waals surface area contributed by atoms with E-state index in [4.69, 9.17) is 4.42 Å². The molecule has 6 heteroatoms. The molecule has 0 fully saturated rings. The minimum absolute atomic E-state index is 0.381. The lowest BCUT2D eigenvalue weighted by Crippen LogP contribution is -2.21. The summed E-state index contributed by atoms with van der Waals surface area (Å²) >= 11 is 0. The third-order valence-electron chi connectivity index (χ3n) is 2.46. The summed E-state index contributed by atoms with van der Waals surface area (Å²) in [7, 11) is 0. The molecule has 2 aromatic heterocycles. The van der Waals surface area contributed by atoms with Crippen LogP contribution in [-0.4, -0.2) is 26.4 Å². The predicted octanol–water partition coefficient (Wildman–Crippen LogP) is 1.64. The Morgan fingerprint density at radius 1 is 1.17 bits per heavy atom. The van der Waals surface area contributed by atoms with Crippen molar-refractivity contribution >= 4 is 0 Å². The average Bonchev–Trinajstić information content (AvgIpc) is 2.78. The van der Waals surface area contributed by atoms with Crippen LogP contribution in [0.5, 0.6) is 0 Å². The second-order valence-electron chi connectivity index (χ2n) is 4.52. The summed E-state index contributed by atoms with van der Waals surface area (Å²) in [4.78, 5) is 0. The lowest BCUT2D eigenvalue weighted by atomic mass is 10.2. The van der Waals surface area contributed by atoms with E-state index in [-0.39, 0.29) is 0 Å². The van der Waals surface area contributed by atoms with Crippen molar-refractivity contribution in [3.05, 3.63) is 23.3 Å². The van der Waals surface area contributed by atoms with Gasteiger partial charge < -0.3 is 9.73 Å². The lowest BCUT2D eigenvalue weighted by Gasteiger charge is -2.03. The van der Waals surface area contributed by atoms with Crippen LogP contribution in [-0.2, 0) is 6.54 Å². The predicted molar refractivity (Wildman–Crippen MR) is 66.8 cm³/mol. The Bertz CT molecular complexity index is 535. The summed E-state index contributed by atoms with van der Waals surface area (Å²) in [5, 5.41) is 19.3. The van der Waals surface area contributed by atoms with E-state index in [0.717, 1.165) is 17.0 Å². The highest BCUT2D eigenvalue weighted by Crippen LogP contribution is 2.20. The van der Waals surface area contributed by atoms with Crippen molar-refractivity contribution in [3.63, 3.8) is 0 Å². The highest BCUT2D eigenvalue weighted by atomic mass is 16.4. The number of aromatic nitrogens is 4. The van der Waals surface area contributed by atoms with Gasteiger partial charge in [0.15, 0.2) is 0 Å². The van der Waals surface area contributed by atoms with Gasteiger partial charge in [-0.05, 0) is 19.9 Å². The number of hydrogen-bond acceptors (Lipinski definition) is 6. The Morgan fingerprint density at radius 3 is 2.67 bits per heavy atom. The third kappa shape index (κ3) is 2.89. The van der Waals surface area contributed by atoms with Crippen LogP contribution in [0.4, 0.5) is 0 Å². The summed E-state index contributed by atoms with van der Waals surface area (Å²) < 4.78 is 5.60. The molecule has 0 aromatic carbocycles. The van der Waals surface area contributed by atoms with Gasteiger partial charge in [-0.2, -0.15) is 10.2 Å². The number of aryl methyl sites for hydroxylation is 2. The Balaban J connectivity index is 2.21. The number of nitrogens with one attached hydrogen (secondary N) is 1. The molecule has 0 amide bonds. The summed E-state index contributed by atoms with van der Waals surface area (Å²) in [5.41, 5.74) is 2.45. The molecule has 0 saturated carbocycles. The molecule has 2 rings (SSSR count). The zero-order valence-electron chi connectivity index (χ0n) is 11.1. The SMILES string of the molecule is Cc1cc(-c2nnc(CNC(C)C)o2)c(C)nn1. The molecule has 1 N–H and O–H groups in total. The van der Waals surface area contributed by atoms with E-state index in [1.165, 1.54) is 0 Å². The fourth-order valence-electron chi connectivity index (χ4n) is 1.49. The fourth-order valence-corrected chi connectivity index (χ4v) is 1.49. The fraction of sp³-hybridized carbons (Fsp3) is 0.500. The summed E-state index contributed by atoms with van der Waals surface area (Å²) in [6, 6.07) is 2.28. The first kappa shape index (κ1) is 12.6. The Morgan fingerprint density at radius 2 is 1.94 bits per heavy atom. The normalized spacial score (nSPS) is 11.2. The van der Waals surface area contributed by atoms with Gasteiger partial charge >= 0.3 is 0 Å². The van der Waals surface area contributed by atoms with Crippen molar-refractivity contribution in [2.24, 2.45) is 0 Å². The van der Waals surface area contributed by atoms with Crippen LogP contribution in [0.25, 0.3) is 11.5 Å². The molecule has 0 atom stereocenters. The molecule has 0 aliphatic carbocycles. The monoisotopic (exact) mass is 247 g/mol. The van der Waals surface area contributed by atoms with E-state index in [2.05, 4.69) is 39.6 Å². The minimum atomic E-state index is 0.381. The van der Waals surface area contributed by atoms with Gasteiger partial charge in [0, 0.05) is 6.04 Å². The van der Waals surface area contributed by atoms with E-state index < -0.39 is 0 Å². The molecule has 0 radical (unpaired) electrons. The summed E-state index contributed by atoms with van der Waals surface area (Å²) in [6.07, 6.45) is 0. The van der Waals surface area contributed by atoms with Gasteiger partial charge in [0.1, 0.15) is 0 Å². The van der Waals surface area contributed by atoms with Gasteiger partial charge in [0.25, 0.3) is 0 Å². The van der Waals surface area contributed by atoms with Crippen LogP contribution in [0.15, 0.2) is 10.5 Å². The van der Waals surface area contributed by atoms with Gasteiger partial charge in [-0.1, -0.05) is 13.8 Å². The number of nitrogens with zero attached hydrogens (tertiary/aromatic N) is 4. The first-order valence-electron chi connectivity index (χ1n) is 5.93. The van der Waals surface area contributed by atoms with Crippen molar-refractivity contribution < 1.29 is 4.42 Å². The molecule has 0 bridgehead atoms. The molecule has 0 aliphatic heterocycles. The van der Waals surface area contributed by atoms with Crippen LogP contribution in [0.1, 0.15) is 31.1 Å². The third-order valence-corrected chi connectivity index (χ3v) is 2.46. The molecule has 2 heterocycles. The van der Waals surface area contributed by atoms with Crippen molar-refractivity contribution in [3.8, 4) is 11.5 Å². The standard InChI is InChI=1S/C12H17N5O/c1-7(2)13-6-11-16-17-12(18-11)10-5-8(3)14-15-9(10)4/h5,7,13H,6H2,1-4H3. The van der Waals surface area contributed by atoms with Crippen LogP contribution >= 0.6 is 0 Å². The van der Waals surface area contributed by atoms with Crippen LogP contribution < -0.4 is 5.32 Å².